The standard InChI is InChI=1S/C30H34N6O5/c1-6-41-27-14-21-9-11-34-24(22(21)15-26(27)40-5)16-28(31-29-19(3)12-18(2)13-20(29)4)35(30(34)38)10-7-8-25(37)23-17-36(39)33-32-23/h12-17,39H,6-11H2,1-5H3. The number of hydrogen-bond donors (Lipinski definition) is 1. The highest BCUT2D eigenvalue weighted by atomic mass is 16.5. The van der Waals surface area contributed by atoms with Crippen molar-refractivity contribution in [3.05, 3.63) is 80.4 Å². The Morgan fingerprint density at radius 3 is 2.51 bits per heavy atom. The van der Waals surface area contributed by atoms with Gasteiger partial charge in [0.2, 0.25) is 0 Å². The zero-order valence-corrected chi connectivity index (χ0v) is 24.0. The van der Waals surface area contributed by atoms with Crippen LogP contribution in [0.2, 0.25) is 0 Å². The molecule has 0 spiro atoms. The van der Waals surface area contributed by atoms with E-state index in [1.165, 1.54) is 0 Å². The highest BCUT2D eigenvalue weighted by Gasteiger charge is 2.23. The lowest BCUT2D eigenvalue weighted by Crippen LogP contribution is -2.42. The van der Waals surface area contributed by atoms with E-state index in [0.717, 1.165) is 45.4 Å². The molecule has 11 nitrogen and oxygen atoms in total. The van der Waals surface area contributed by atoms with E-state index < -0.39 is 0 Å². The van der Waals surface area contributed by atoms with Crippen molar-refractivity contribution < 1.29 is 19.5 Å². The van der Waals surface area contributed by atoms with Gasteiger partial charge in [0, 0.05) is 31.1 Å². The summed E-state index contributed by atoms with van der Waals surface area (Å²) >= 11 is 0. The maximum absolute atomic E-state index is 14.0. The first-order chi connectivity index (χ1) is 19.7. The maximum atomic E-state index is 14.0. The first kappa shape index (κ1) is 27.9. The molecule has 0 atom stereocenters. The van der Waals surface area contributed by atoms with E-state index in [1.54, 1.807) is 16.2 Å². The number of Topliss-reactive ketones (excluding diaryl/α,β-unsaturated/α-hetero) is 1. The molecule has 0 saturated heterocycles. The summed E-state index contributed by atoms with van der Waals surface area (Å²) < 4.78 is 14.8. The lowest BCUT2D eigenvalue weighted by atomic mass is 9.97. The molecule has 1 aliphatic heterocycles. The summed E-state index contributed by atoms with van der Waals surface area (Å²) in [4.78, 5) is 32.1. The van der Waals surface area contributed by atoms with E-state index in [4.69, 9.17) is 14.5 Å². The van der Waals surface area contributed by atoms with Crippen LogP contribution in [-0.4, -0.2) is 49.0 Å². The first-order valence-electron chi connectivity index (χ1n) is 13.7. The van der Waals surface area contributed by atoms with Crippen molar-refractivity contribution >= 4 is 11.5 Å². The van der Waals surface area contributed by atoms with Crippen LogP contribution in [0.5, 0.6) is 11.5 Å². The van der Waals surface area contributed by atoms with Gasteiger partial charge >= 0.3 is 5.69 Å². The normalized spacial score (nSPS) is 12.7. The fraction of sp³-hybridized carbons (Fsp3) is 0.367. The molecule has 4 aromatic rings. The van der Waals surface area contributed by atoms with E-state index in [9.17, 15) is 14.8 Å². The zero-order chi connectivity index (χ0) is 29.3. The number of methoxy groups -OCH3 is 1. The Morgan fingerprint density at radius 2 is 1.85 bits per heavy atom. The van der Waals surface area contributed by atoms with Crippen LogP contribution in [0.4, 0.5) is 5.69 Å². The van der Waals surface area contributed by atoms with Gasteiger partial charge in [-0.3, -0.25) is 13.9 Å². The minimum absolute atomic E-state index is 0.0763. The number of hydrogen-bond acceptors (Lipinski definition) is 8. The number of aryl methyl sites for hydroxylation is 4. The van der Waals surface area contributed by atoms with Gasteiger partial charge in [0.15, 0.2) is 23.0 Å². The minimum Gasteiger partial charge on any atom is -0.493 e. The number of aromatic nitrogens is 5. The van der Waals surface area contributed by atoms with Crippen LogP contribution >= 0.6 is 0 Å². The van der Waals surface area contributed by atoms with Gasteiger partial charge in [0.05, 0.1) is 31.3 Å². The molecule has 11 heteroatoms. The molecule has 0 radical (unpaired) electrons. The Kier molecular flexibility index (Phi) is 7.78. The molecule has 0 bridgehead atoms. The molecule has 0 aliphatic carbocycles. The smallest absolute Gasteiger partial charge is 0.330 e. The SMILES string of the molecule is CCOc1cc2c(cc1OC)-c1cc(=Nc3c(C)cc(C)cc3C)n(CCCC(=O)c3cn(O)nn3)c(=O)n1CC2. The Bertz CT molecular complexity index is 1740. The molecule has 0 saturated carbocycles. The number of carbonyl (C=O) groups excluding carboxylic acids is 1. The van der Waals surface area contributed by atoms with Crippen LogP contribution in [0, 0.1) is 20.8 Å². The summed E-state index contributed by atoms with van der Waals surface area (Å²) in [6, 6.07) is 10.0. The van der Waals surface area contributed by atoms with Gasteiger partial charge in [-0.15, -0.1) is 5.10 Å². The average Bonchev–Trinajstić information content (AvgIpc) is 3.38. The largest absolute Gasteiger partial charge is 0.493 e. The first-order valence-corrected chi connectivity index (χ1v) is 13.7. The molecule has 1 aliphatic rings. The van der Waals surface area contributed by atoms with Crippen LogP contribution in [0.1, 0.15) is 52.5 Å². The van der Waals surface area contributed by atoms with Crippen molar-refractivity contribution in [1.82, 2.24) is 24.3 Å². The topological polar surface area (TPSA) is 126 Å². The second kappa shape index (κ2) is 11.4. The van der Waals surface area contributed by atoms with Gasteiger partial charge in [-0.05, 0) is 74.6 Å². The number of benzene rings is 2. The Morgan fingerprint density at radius 1 is 1.10 bits per heavy atom. The molecule has 0 fully saturated rings. The molecule has 1 N–H and O–H groups in total. The fourth-order valence-electron chi connectivity index (χ4n) is 5.45. The van der Waals surface area contributed by atoms with Gasteiger partial charge in [0.1, 0.15) is 5.49 Å². The van der Waals surface area contributed by atoms with Crippen molar-refractivity contribution in [3.8, 4) is 22.8 Å². The van der Waals surface area contributed by atoms with Crippen molar-refractivity contribution in [2.75, 3.05) is 13.7 Å². The van der Waals surface area contributed by atoms with Gasteiger partial charge in [0.25, 0.3) is 0 Å². The van der Waals surface area contributed by atoms with Crippen LogP contribution in [0.3, 0.4) is 0 Å². The molecule has 2 aromatic heterocycles. The van der Waals surface area contributed by atoms with Crippen LogP contribution in [0.15, 0.2) is 46.3 Å². The third kappa shape index (κ3) is 5.52. The molecule has 0 unspecified atom stereocenters. The molecule has 5 rings (SSSR count). The second-order valence-corrected chi connectivity index (χ2v) is 10.2. The second-order valence-electron chi connectivity index (χ2n) is 10.2. The van der Waals surface area contributed by atoms with Crippen molar-refractivity contribution in [2.24, 2.45) is 4.99 Å². The molecule has 41 heavy (non-hydrogen) atoms. The van der Waals surface area contributed by atoms with Crippen molar-refractivity contribution in [2.45, 2.75) is 60.0 Å². The monoisotopic (exact) mass is 558 g/mol. The molecule has 0 amide bonds. The highest BCUT2D eigenvalue weighted by molar-refractivity contribution is 5.93. The van der Waals surface area contributed by atoms with Crippen LogP contribution in [0.25, 0.3) is 11.3 Å². The number of fused-ring (bicyclic) bond motifs is 3. The van der Waals surface area contributed by atoms with E-state index in [1.807, 2.05) is 45.9 Å². The summed E-state index contributed by atoms with van der Waals surface area (Å²) in [5.41, 5.74) is 7.08. The predicted octanol–water partition coefficient (Wildman–Crippen LogP) is 3.93. The summed E-state index contributed by atoms with van der Waals surface area (Å²) in [7, 11) is 1.60. The Hall–Kier alpha value is -4.67. The van der Waals surface area contributed by atoms with Gasteiger partial charge in [-0.25, -0.2) is 9.79 Å². The van der Waals surface area contributed by atoms with E-state index in [2.05, 4.69) is 22.4 Å². The third-order valence-electron chi connectivity index (χ3n) is 7.28. The van der Waals surface area contributed by atoms with E-state index in [-0.39, 0.29) is 30.1 Å². The summed E-state index contributed by atoms with van der Waals surface area (Å²) in [6.45, 7) is 9.29. The van der Waals surface area contributed by atoms with Gasteiger partial charge in [-0.1, -0.05) is 22.5 Å². The van der Waals surface area contributed by atoms with Crippen molar-refractivity contribution in [3.63, 3.8) is 0 Å². The van der Waals surface area contributed by atoms with E-state index >= 15 is 0 Å². The van der Waals surface area contributed by atoms with Gasteiger partial charge < -0.3 is 14.7 Å². The number of nitrogens with zero attached hydrogens (tertiary/aromatic N) is 6. The number of ketones is 1. The fourth-order valence-corrected chi connectivity index (χ4v) is 5.45. The quantitative estimate of drug-likeness (QED) is 0.244. The maximum Gasteiger partial charge on any atom is 0.330 e. The summed E-state index contributed by atoms with van der Waals surface area (Å²) in [6.07, 6.45) is 2.34. The molecular formula is C30H34N6O5. The summed E-state index contributed by atoms with van der Waals surface area (Å²) in [5, 5.41) is 16.4. The van der Waals surface area contributed by atoms with Gasteiger partial charge in [-0.2, -0.15) is 0 Å². The lowest BCUT2D eigenvalue weighted by molar-refractivity contribution is 0.0972. The Labute approximate surface area is 237 Å². The zero-order valence-electron chi connectivity index (χ0n) is 24.0. The van der Waals surface area contributed by atoms with Crippen LogP contribution in [-0.2, 0) is 19.5 Å². The van der Waals surface area contributed by atoms with E-state index in [0.29, 0.717) is 47.8 Å². The molecule has 214 valence electrons. The molecule has 2 aromatic carbocycles. The number of ether oxygens (including phenoxy) is 2. The highest BCUT2D eigenvalue weighted by Crippen LogP contribution is 2.37. The minimum atomic E-state index is -0.265. The summed E-state index contributed by atoms with van der Waals surface area (Å²) in [5.74, 6) is 1.02. The molecular weight excluding hydrogens is 524 g/mol. The third-order valence-corrected chi connectivity index (χ3v) is 7.28. The lowest BCUT2D eigenvalue weighted by Gasteiger charge is -2.25. The van der Waals surface area contributed by atoms with Crippen molar-refractivity contribution in [1.29, 1.82) is 0 Å². The Balaban J connectivity index is 1.63. The average molecular weight is 559 g/mol. The molecule has 3 heterocycles. The number of rotatable bonds is 9. The predicted molar refractivity (Wildman–Crippen MR) is 152 cm³/mol. The number of carbonyl (C=O) groups is 1. The van der Waals surface area contributed by atoms with Crippen LogP contribution < -0.4 is 20.7 Å².